The number of quaternary nitrogens is 1. The Bertz CT molecular complexity index is 1060. The highest BCUT2D eigenvalue weighted by Crippen LogP contribution is 2.31. The number of aryl methyl sites for hydroxylation is 1. The Labute approximate surface area is 151 Å². The van der Waals surface area contributed by atoms with E-state index in [1.165, 1.54) is 16.2 Å². The Morgan fingerprint density at radius 3 is 2.54 bits per heavy atom. The molecule has 1 N–H and O–H groups in total. The average molecular weight is 345 g/mol. The van der Waals surface area contributed by atoms with Crippen LogP contribution >= 0.6 is 0 Å². The van der Waals surface area contributed by atoms with Crippen molar-refractivity contribution in [3.8, 4) is 0 Å². The van der Waals surface area contributed by atoms with E-state index >= 15 is 0 Å². The van der Waals surface area contributed by atoms with Crippen LogP contribution < -0.4 is 9.80 Å². The van der Waals surface area contributed by atoms with Crippen molar-refractivity contribution in [1.82, 2.24) is 9.97 Å². The minimum atomic E-state index is 0.799. The number of hydrogen-bond donors (Lipinski definition) is 1. The number of piperazine rings is 1. The molecule has 0 spiro atoms. The second-order valence-corrected chi connectivity index (χ2v) is 6.93. The van der Waals surface area contributed by atoms with Crippen LogP contribution in [0, 0.1) is 6.92 Å². The van der Waals surface area contributed by atoms with Gasteiger partial charge in [0.25, 0.3) is 0 Å². The van der Waals surface area contributed by atoms with Gasteiger partial charge in [0.1, 0.15) is 23.1 Å². The number of benzene rings is 2. The zero-order valence-corrected chi connectivity index (χ0v) is 14.8. The highest BCUT2D eigenvalue weighted by molar-refractivity contribution is 6.05. The molecule has 0 saturated carbocycles. The third-order valence-corrected chi connectivity index (χ3v) is 5.27. The van der Waals surface area contributed by atoms with Crippen LogP contribution in [0.25, 0.3) is 22.1 Å². The number of nitrogens with one attached hydrogen (secondary N) is 1. The molecule has 2 aromatic carbocycles. The fourth-order valence-corrected chi connectivity index (χ4v) is 3.80. The molecule has 1 fully saturated rings. The molecular weight excluding hydrogens is 324 g/mol. The Kier molecular flexibility index (Phi) is 3.60. The second-order valence-electron chi connectivity index (χ2n) is 6.93. The van der Waals surface area contributed by atoms with E-state index in [9.17, 15) is 0 Å². The zero-order chi connectivity index (χ0) is 17.5. The summed E-state index contributed by atoms with van der Waals surface area (Å²) in [4.78, 5) is 12.9. The SMILES string of the molecule is Cc1ccc([NH+]2CCN(c3ncnc4c3oc3ccccc34)CC2)cc1. The maximum Gasteiger partial charge on any atom is 0.196 e. The molecular formula is C21H21N4O+. The molecule has 3 heterocycles. The topological polar surface area (TPSA) is 46.6 Å². The molecule has 5 nitrogen and oxygen atoms in total. The monoisotopic (exact) mass is 345 g/mol. The van der Waals surface area contributed by atoms with Crippen molar-refractivity contribution in [3.63, 3.8) is 0 Å². The summed E-state index contributed by atoms with van der Waals surface area (Å²) in [6.45, 7) is 6.13. The molecule has 5 rings (SSSR count). The fraction of sp³-hybridized carbons (Fsp3) is 0.238. The van der Waals surface area contributed by atoms with E-state index in [0.29, 0.717) is 0 Å². The molecule has 5 heteroatoms. The minimum Gasteiger partial charge on any atom is -0.450 e. The van der Waals surface area contributed by atoms with Crippen LogP contribution in [-0.4, -0.2) is 36.1 Å². The first kappa shape index (κ1) is 15.3. The number of anilines is 1. The lowest BCUT2D eigenvalue weighted by Gasteiger charge is -2.32. The number of furan rings is 1. The molecule has 1 saturated heterocycles. The van der Waals surface area contributed by atoms with Gasteiger partial charge in [-0.15, -0.1) is 0 Å². The van der Waals surface area contributed by atoms with Gasteiger partial charge in [0.2, 0.25) is 0 Å². The Morgan fingerprint density at radius 2 is 1.73 bits per heavy atom. The normalized spacial score (nSPS) is 15.8. The van der Waals surface area contributed by atoms with Gasteiger partial charge in [-0.3, -0.25) is 4.90 Å². The molecule has 0 bridgehead atoms. The summed E-state index contributed by atoms with van der Waals surface area (Å²) >= 11 is 0. The van der Waals surface area contributed by atoms with Crippen LogP contribution in [0.3, 0.4) is 0 Å². The number of hydrogen-bond acceptors (Lipinski definition) is 4. The van der Waals surface area contributed by atoms with Gasteiger partial charge in [-0.05, 0) is 31.2 Å². The van der Waals surface area contributed by atoms with E-state index in [0.717, 1.165) is 54.1 Å². The number of nitrogens with zero attached hydrogens (tertiary/aromatic N) is 3. The van der Waals surface area contributed by atoms with Crippen molar-refractivity contribution >= 4 is 33.6 Å². The lowest BCUT2D eigenvalue weighted by Crippen LogP contribution is -3.10. The molecule has 0 aliphatic carbocycles. The first-order valence-electron chi connectivity index (χ1n) is 9.08. The predicted octanol–water partition coefficient (Wildman–Crippen LogP) is 2.72. The van der Waals surface area contributed by atoms with Crippen molar-refractivity contribution in [3.05, 3.63) is 60.4 Å². The number of para-hydroxylation sites is 1. The van der Waals surface area contributed by atoms with Gasteiger partial charge in [0.05, 0.1) is 26.2 Å². The van der Waals surface area contributed by atoms with Crippen molar-refractivity contribution in [2.75, 3.05) is 31.1 Å². The number of rotatable bonds is 2. The standard InChI is InChI=1S/C21H20N4O/c1-15-6-8-16(9-7-15)24-10-12-25(13-11-24)21-20-19(22-14-23-21)17-4-2-3-5-18(17)26-20/h2-9,14H,10-13H2,1H3/p+1. The van der Waals surface area contributed by atoms with Gasteiger partial charge >= 0.3 is 0 Å². The highest BCUT2D eigenvalue weighted by Gasteiger charge is 2.25. The van der Waals surface area contributed by atoms with E-state index in [-0.39, 0.29) is 0 Å². The molecule has 26 heavy (non-hydrogen) atoms. The Hall–Kier alpha value is -2.92. The highest BCUT2D eigenvalue weighted by atomic mass is 16.3. The quantitative estimate of drug-likeness (QED) is 0.607. The van der Waals surface area contributed by atoms with Crippen molar-refractivity contribution < 1.29 is 9.32 Å². The van der Waals surface area contributed by atoms with E-state index in [1.54, 1.807) is 6.33 Å². The maximum atomic E-state index is 6.09. The van der Waals surface area contributed by atoms with Gasteiger partial charge in [0.15, 0.2) is 11.4 Å². The average Bonchev–Trinajstić information content (AvgIpc) is 3.08. The molecule has 130 valence electrons. The van der Waals surface area contributed by atoms with Crippen molar-refractivity contribution in [2.45, 2.75) is 6.92 Å². The van der Waals surface area contributed by atoms with E-state index in [1.807, 2.05) is 18.2 Å². The molecule has 0 atom stereocenters. The van der Waals surface area contributed by atoms with Gasteiger partial charge in [-0.2, -0.15) is 0 Å². The van der Waals surface area contributed by atoms with Crippen LogP contribution in [0.15, 0.2) is 59.3 Å². The van der Waals surface area contributed by atoms with Crippen LogP contribution in [-0.2, 0) is 0 Å². The second kappa shape index (κ2) is 6.11. The third kappa shape index (κ3) is 2.52. The number of aromatic nitrogens is 2. The largest absolute Gasteiger partial charge is 0.450 e. The van der Waals surface area contributed by atoms with Crippen LogP contribution in [0.5, 0.6) is 0 Å². The number of fused-ring (bicyclic) bond motifs is 3. The Balaban J connectivity index is 1.44. The lowest BCUT2D eigenvalue weighted by molar-refractivity contribution is -0.833. The molecule has 0 amide bonds. The summed E-state index contributed by atoms with van der Waals surface area (Å²) in [6, 6.07) is 16.9. The summed E-state index contributed by atoms with van der Waals surface area (Å²) in [5.74, 6) is 0.911. The molecule has 1 aliphatic rings. The summed E-state index contributed by atoms with van der Waals surface area (Å²) in [6.07, 6.45) is 1.65. The van der Waals surface area contributed by atoms with Crippen molar-refractivity contribution in [1.29, 1.82) is 0 Å². The first-order valence-corrected chi connectivity index (χ1v) is 9.08. The fourth-order valence-electron chi connectivity index (χ4n) is 3.80. The third-order valence-electron chi connectivity index (χ3n) is 5.27. The van der Waals surface area contributed by atoms with E-state index in [2.05, 4.69) is 52.1 Å². The first-order chi connectivity index (χ1) is 12.8. The van der Waals surface area contributed by atoms with Gasteiger partial charge in [-0.1, -0.05) is 29.8 Å². The summed E-state index contributed by atoms with van der Waals surface area (Å²) in [5, 5.41) is 1.05. The molecule has 2 aromatic heterocycles. The van der Waals surface area contributed by atoms with Crippen LogP contribution in [0.4, 0.5) is 11.5 Å². The summed E-state index contributed by atoms with van der Waals surface area (Å²) in [7, 11) is 0. The molecule has 1 aliphatic heterocycles. The predicted molar refractivity (Wildman–Crippen MR) is 103 cm³/mol. The summed E-state index contributed by atoms with van der Waals surface area (Å²) < 4.78 is 6.09. The molecule has 0 radical (unpaired) electrons. The van der Waals surface area contributed by atoms with E-state index < -0.39 is 0 Å². The van der Waals surface area contributed by atoms with Crippen molar-refractivity contribution in [2.24, 2.45) is 0 Å². The summed E-state index contributed by atoms with van der Waals surface area (Å²) in [5.41, 5.74) is 5.24. The van der Waals surface area contributed by atoms with Gasteiger partial charge < -0.3 is 9.32 Å². The molecule has 0 unspecified atom stereocenters. The zero-order valence-electron chi connectivity index (χ0n) is 14.8. The molecule has 4 aromatic rings. The van der Waals surface area contributed by atoms with E-state index in [4.69, 9.17) is 4.42 Å². The van der Waals surface area contributed by atoms with Gasteiger partial charge in [0, 0.05) is 5.39 Å². The minimum absolute atomic E-state index is 0.799. The maximum absolute atomic E-state index is 6.09. The van der Waals surface area contributed by atoms with Crippen LogP contribution in [0.1, 0.15) is 5.56 Å². The lowest BCUT2D eigenvalue weighted by atomic mass is 10.2. The van der Waals surface area contributed by atoms with Crippen LogP contribution in [0.2, 0.25) is 0 Å². The smallest absolute Gasteiger partial charge is 0.196 e. The Morgan fingerprint density at radius 1 is 0.962 bits per heavy atom. The van der Waals surface area contributed by atoms with Gasteiger partial charge in [-0.25, -0.2) is 9.97 Å².